The lowest BCUT2D eigenvalue weighted by Crippen LogP contribution is -2.52. The zero-order chi connectivity index (χ0) is 31.2. The van der Waals surface area contributed by atoms with E-state index in [0.29, 0.717) is 42.7 Å². The standard InChI is InChI=1S/C37H35N5O3/c1-26-33(40-27(2)45-26)17-18-35(43)42(24-29-13-15-31(16-14-29)36-38-20-8-21-39-36)34(23-28-9-4-3-5-10-28)37(44)41-22-19-30-11-6-7-12-32(30)25-41/h3-18,20-21,34H,19,22-25H2,1-2H3/b18-17+/t34-/m0/s1. The van der Waals surface area contributed by atoms with E-state index in [0.717, 1.165) is 28.7 Å². The fraction of sp³-hybridized carbons (Fsp3) is 0.216. The molecule has 0 radical (unpaired) electrons. The molecular formula is C37H35N5O3. The highest BCUT2D eigenvalue weighted by molar-refractivity contribution is 5.95. The second-order valence-electron chi connectivity index (χ2n) is 11.2. The molecule has 1 aliphatic heterocycles. The summed E-state index contributed by atoms with van der Waals surface area (Å²) in [5.74, 6) is 1.43. The summed E-state index contributed by atoms with van der Waals surface area (Å²) >= 11 is 0. The maximum absolute atomic E-state index is 14.5. The molecule has 3 heterocycles. The van der Waals surface area contributed by atoms with Crippen LogP contribution in [0.25, 0.3) is 17.5 Å². The molecule has 0 spiro atoms. The van der Waals surface area contributed by atoms with Crippen LogP contribution in [-0.2, 0) is 35.5 Å². The van der Waals surface area contributed by atoms with Gasteiger partial charge in [0.25, 0.3) is 0 Å². The highest BCUT2D eigenvalue weighted by atomic mass is 16.4. The van der Waals surface area contributed by atoms with Crippen molar-refractivity contribution >= 4 is 17.9 Å². The molecule has 6 rings (SSSR count). The van der Waals surface area contributed by atoms with E-state index in [-0.39, 0.29) is 18.4 Å². The molecule has 45 heavy (non-hydrogen) atoms. The molecule has 0 saturated carbocycles. The first-order chi connectivity index (χ1) is 21.9. The Balaban J connectivity index is 1.35. The number of fused-ring (bicyclic) bond motifs is 1. The maximum Gasteiger partial charge on any atom is 0.247 e. The van der Waals surface area contributed by atoms with Gasteiger partial charge in [-0.05, 0) is 47.7 Å². The highest BCUT2D eigenvalue weighted by Crippen LogP contribution is 2.24. The topological polar surface area (TPSA) is 92.4 Å². The van der Waals surface area contributed by atoms with E-state index in [4.69, 9.17) is 4.42 Å². The molecule has 5 aromatic rings. The van der Waals surface area contributed by atoms with Crippen molar-refractivity contribution in [3.05, 3.63) is 143 Å². The molecule has 8 heteroatoms. The van der Waals surface area contributed by atoms with Crippen LogP contribution in [0.2, 0.25) is 0 Å². The highest BCUT2D eigenvalue weighted by Gasteiger charge is 2.34. The Bertz CT molecular complexity index is 1800. The average molecular weight is 598 g/mol. The molecule has 1 aliphatic rings. The number of aryl methyl sites for hydroxylation is 2. The summed E-state index contributed by atoms with van der Waals surface area (Å²) in [6, 6.07) is 27.0. The first-order valence-electron chi connectivity index (χ1n) is 15.1. The normalized spacial score (nSPS) is 13.4. The summed E-state index contributed by atoms with van der Waals surface area (Å²) < 4.78 is 5.57. The minimum absolute atomic E-state index is 0.0714. The summed E-state index contributed by atoms with van der Waals surface area (Å²) in [4.78, 5) is 45.3. The van der Waals surface area contributed by atoms with E-state index >= 15 is 0 Å². The molecule has 0 bridgehead atoms. The van der Waals surface area contributed by atoms with Crippen molar-refractivity contribution in [3.63, 3.8) is 0 Å². The SMILES string of the molecule is Cc1nc(/C=C/C(=O)N(Cc2ccc(-c3ncccn3)cc2)[C@@H](Cc2ccccc2)C(=O)N2CCc3ccccc3C2)c(C)o1. The lowest BCUT2D eigenvalue weighted by Gasteiger charge is -2.36. The number of benzene rings is 3. The monoisotopic (exact) mass is 597 g/mol. The summed E-state index contributed by atoms with van der Waals surface area (Å²) in [5, 5.41) is 0. The third kappa shape index (κ3) is 7.07. The van der Waals surface area contributed by atoms with Gasteiger partial charge in [0.1, 0.15) is 17.5 Å². The number of carbonyl (C=O) groups excluding carboxylic acids is 2. The lowest BCUT2D eigenvalue weighted by atomic mass is 9.97. The van der Waals surface area contributed by atoms with Crippen LogP contribution >= 0.6 is 0 Å². The molecule has 226 valence electrons. The number of rotatable bonds is 9. The van der Waals surface area contributed by atoms with Crippen LogP contribution in [0.5, 0.6) is 0 Å². The van der Waals surface area contributed by atoms with Gasteiger partial charge in [-0.3, -0.25) is 9.59 Å². The Kier molecular flexibility index (Phi) is 8.91. The van der Waals surface area contributed by atoms with Gasteiger partial charge in [-0.1, -0.05) is 78.9 Å². The van der Waals surface area contributed by atoms with Gasteiger partial charge in [0, 0.05) is 57.0 Å². The minimum Gasteiger partial charge on any atom is -0.446 e. The lowest BCUT2D eigenvalue weighted by molar-refractivity contribution is -0.144. The van der Waals surface area contributed by atoms with E-state index in [1.807, 2.05) is 78.6 Å². The molecule has 0 N–H and O–H groups in total. The average Bonchev–Trinajstić information content (AvgIpc) is 3.41. The first kappa shape index (κ1) is 29.7. The maximum atomic E-state index is 14.5. The Morgan fingerprint density at radius 3 is 2.31 bits per heavy atom. The summed E-state index contributed by atoms with van der Waals surface area (Å²) in [5.41, 5.74) is 5.74. The van der Waals surface area contributed by atoms with Crippen LogP contribution in [0.15, 0.2) is 108 Å². The number of nitrogens with zero attached hydrogens (tertiary/aromatic N) is 5. The van der Waals surface area contributed by atoms with Crippen molar-refractivity contribution in [1.82, 2.24) is 24.8 Å². The Labute approximate surface area is 263 Å². The van der Waals surface area contributed by atoms with Crippen molar-refractivity contribution in [2.45, 2.75) is 45.8 Å². The fourth-order valence-electron chi connectivity index (χ4n) is 5.75. The molecule has 1 atom stereocenters. The second kappa shape index (κ2) is 13.5. The van der Waals surface area contributed by atoms with Gasteiger partial charge in [0.15, 0.2) is 11.7 Å². The number of hydrogen-bond acceptors (Lipinski definition) is 6. The molecule has 2 amide bonds. The quantitative estimate of drug-likeness (QED) is 0.194. The molecule has 8 nitrogen and oxygen atoms in total. The van der Waals surface area contributed by atoms with Gasteiger partial charge in [0.05, 0.1) is 0 Å². The second-order valence-corrected chi connectivity index (χ2v) is 11.2. The van der Waals surface area contributed by atoms with Gasteiger partial charge in [0.2, 0.25) is 11.8 Å². The van der Waals surface area contributed by atoms with E-state index in [2.05, 4.69) is 27.1 Å². The summed E-state index contributed by atoms with van der Waals surface area (Å²) in [6.45, 7) is 4.94. The summed E-state index contributed by atoms with van der Waals surface area (Å²) in [7, 11) is 0. The summed E-state index contributed by atoms with van der Waals surface area (Å²) in [6.07, 6.45) is 7.74. The van der Waals surface area contributed by atoms with Gasteiger partial charge in [-0.2, -0.15) is 0 Å². The number of carbonyl (C=O) groups is 2. The fourth-order valence-corrected chi connectivity index (χ4v) is 5.75. The van der Waals surface area contributed by atoms with Gasteiger partial charge in [-0.25, -0.2) is 15.0 Å². The molecule has 0 saturated heterocycles. The van der Waals surface area contributed by atoms with E-state index in [1.54, 1.807) is 36.4 Å². The Hall–Kier alpha value is -5.37. The minimum atomic E-state index is -0.730. The smallest absolute Gasteiger partial charge is 0.247 e. The first-order valence-corrected chi connectivity index (χ1v) is 15.1. The predicted octanol–water partition coefficient (Wildman–Crippen LogP) is 5.99. The van der Waals surface area contributed by atoms with Gasteiger partial charge >= 0.3 is 0 Å². The van der Waals surface area contributed by atoms with E-state index in [9.17, 15) is 9.59 Å². The van der Waals surface area contributed by atoms with E-state index in [1.165, 1.54) is 11.6 Å². The molecule has 0 unspecified atom stereocenters. The number of amides is 2. The van der Waals surface area contributed by atoms with Gasteiger partial charge < -0.3 is 14.2 Å². The number of aromatic nitrogens is 3. The zero-order valence-corrected chi connectivity index (χ0v) is 25.5. The van der Waals surface area contributed by atoms with Crippen LogP contribution in [0.1, 0.15) is 39.6 Å². The van der Waals surface area contributed by atoms with Crippen molar-refractivity contribution < 1.29 is 14.0 Å². The van der Waals surface area contributed by atoms with Crippen molar-refractivity contribution in [2.75, 3.05) is 6.54 Å². The largest absolute Gasteiger partial charge is 0.446 e. The third-order valence-corrected chi connectivity index (χ3v) is 8.11. The van der Waals surface area contributed by atoms with Crippen LogP contribution in [0.4, 0.5) is 0 Å². The molecule has 2 aromatic heterocycles. The number of oxazole rings is 1. The predicted molar refractivity (Wildman–Crippen MR) is 173 cm³/mol. The molecular weight excluding hydrogens is 562 g/mol. The zero-order valence-electron chi connectivity index (χ0n) is 25.5. The van der Waals surface area contributed by atoms with Crippen LogP contribution in [0, 0.1) is 13.8 Å². The molecule has 0 fully saturated rings. The Morgan fingerprint density at radius 1 is 0.889 bits per heavy atom. The van der Waals surface area contributed by atoms with E-state index < -0.39 is 6.04 Å². The van der Waals surface area contributed by atoms with Crippen LogP contribution < -0.4 is 0 Å². The Morgan fingerprint density at radius 2 is 1.60 bits per heavy atom. The van der Waals surface area contributed by atoms with Gasteiger partial charge in [-0.15, -0.1) is 0 Å². The molecule has 0 aliphatic carbocycles. The van der Waals surface area contributed by atoms with Crippen molar-refractivity contribution in [3.8, 4) is 11.4 Å². The third-order valence-electron chi connectivity index (χ3n) is 8.11. The number of hydrogen-bond donors (Lipinski definition) is 0. The van der Waals surface area contributed by atoms with Crippen molar-refractivity contribution in [2.24, 2.45) is 0 Å². The van der Waals surface area contributed by atoms with Crippen LogP contribution in [-0.4, -0.2) is 49.2 Å². The molecule has 3 aromatic carbocycles. The van der Waals surface area contributed by atoms with Crippen LogP contribution in [0.3, 0.4) is 0 Å². The van der Waals surface area contributed by atoms with Crippen molar-refractivity contribution in [1.29, 1.82) is 0 Å².